The molecule has 0 unspecified atom stereocenters. The molecule has 2 aromatic carbocycles. The number of nitrogens with zero attached hydrogens (tertiary/aromatic N) is 2. The van der Waals surface area contributed by atoms with Gasteiger partial charge in [-0.15, -0.1) is 0 Å². The van der Waals surface area contributed by atoms with Crippen molar-refractivity contribution in [1.29, 1.82) is 0 Å². The second-order valence-corrected chi connectivity index (χ2v) is 4.28. The van der Waals surface area contributed by atoms with E-state index in [9.17, 15) is 4.39 Å². The predicted molar refractivity (Wildman–Crippen MR) is 69.9 cm³/mol. The Morgan fingerprint density at radius 3 is 2.72 bits per heavy atom. The Kier molecular flexibility index (Phi) is 2.68. The Hall–Kier alpha value is -2.00. The first-order chi connectivity index (χ1) is 8.74. The van der Waals surface area contributed by atoms with E-state index in [0.29, 0.717) is 27.3 Å². The van der Waals surface area contributed by atoms with E-state index in [1.165, 1.54) is 12.1 Å². The van der Waals surface area contributed by atoms with Gasteiger partial charge < -0.3 is 0 Å². The van der Waals surface area contributed by atoms with Crippen LogP contribution in [0.1, 0.15) is 0 Å². The third-order valence-corrected chi connectivity index (χ3v) is 2.95. The quantitative estimate of drug-likeness (QED) is 0.657. The number of fused-ring (bicyclic) bond motifs is 1. The smallest absolute Gasteiger partial charge is 0.123 e. The number of para-hydroxylation sites is 1. The fourth-order valence-corrected chi connectivity index (χ4v) is 2.01. The Labute approximate surface area is 108 Å². The first kappa shape index (κ1) is 11.1. The third kappa shape index (κ3) is 1.93. The normalized spacial score (nSPS) is 10.8. The molecule has 0 radical (unpaired) electrons. The minimum Gasteiger partial charge on any atom is -0.251 e. The molecular formula is C14H8ClFN2. The van der Waals surface area contributed by atoms with Crippen molar-refractivity contribution in [3.8, 4) is 11.3 Å². The van der Waals surface area contributed by atoms with E-state index in [-0.39, 0.29) is 5.82 Å². The van der Waals surface area contributed by atoms with E-state index in [2.05, 4.69) is 9.97 Å². The molecule has 0 atom stereocenters. The van der Waals surface area contributed by atoms with Crippen LogP contribution in [0.4, 0.5) is 4.39 Å². The number of rotatable bonds is 1. The van der Waals surface area contributed by atoms with Gasteiger partial charge in [-0.2, -0.15) is 0 Å². The van der Waals surface area contributed by atoms with Gasteiger partial charge in [-0.3, -0.25) is 4.98 Å². The summed E-state index contributed by atoms with van der Waals surface area (Å²) in [7, 11) is 0. The molecule has 2 nitrogen and oxygen atoms in total. The number of hydrogen-bond donors (Lipinski definition) is 0. The van der Waals surface area contributed by atoms with Crippen LogP contribution < -0.4 is 0 Å². The molecule has 0 aliphatic rings. The third-order valence-electron chi connectivity index (χ3n) is 2.64. The fraction of sp³-hybridized carbons (Fsp3) is 0. The molecule has 0 N–H and O–H groups in total. The SMILES string of the molecule is Fc1cccc(-c2cnc3c(Cl)cccc3n2)c1. The maximum absolute atomic E-state index is 13.2. The van der Waals surface area contributed by atoms with E-state index >= 15 is 0 Å². The van der Waals surface area contributed by atoms with Crippen molar-refractivity contribution >= 4 is 22.6 Å². The van der Waals surface area contributed by atoms with Gasteiger partial charge >= 0.3 is 0 Å². The molecule has 0 saturated heterocycles. The molecule has 0 fully saturated rings. The van der Waals surface area contributed by atoms with Gasteiger partial charge in [-0.1, -0.05) is 29.8 Å². The van der Waals surface area contributed by atoms with Crippen LogP contribution in [0.5, 0.6) is 0 Å². The zero-order valence-electron chi connectivity index (χ0n) is 9.27. The molecular weight excluding hydrogens is 251 g/mol. The lowest BCUT2D eigenvalue weighted by Crippen LogP contribution is -1.89. The van der Waals surface area contributed by atoms with Crippen LogP contribution in [0.3, 0.4) is 0 Å². The van der Waals surface area contributed by atoms with Crippen LogP contribution in [0.15, 0.2) is 48.7 Å². The van der Waals surface area contributed by atoms with Crippen LogP contribution in [0.25, 0.3) is 22.3 Å². The number of halogens is 2. The summed E-state index contributed by atoms with van der Waals surface area (Å²) in [6.45, 7) is 0. The summed E-state index contributed by atoms with van der Waals surface area (Å²) < 4.78 is 13.2. The molecule has 0 amide bonds. The molecule has 0 spiro atoms. The van der Waals surface area contributed by atoms with Gasteiger partial charge in [0.25, 0.3) is 0 Å². The van der Waals surface area contributed by atoms with Crippen molar-refractivity contribution in [3.63, 3.8) is 0 Å². The number of hydrogen-bond acceptors (Lipinski definition) is 2. The van der Waals surface area contributed by atoms with E-state index in [4.69, 9.17) is 11.6 Å². The van der Waals surface area contributed by atoms with Gasteiger partial charge in [0.05, 0.1) is 22.4 Å². The summed E-state index contributed by atoms with van der Waals surface area (Å²) in [5.41, 5.74) is 2.68. The minimum absolute atomic E-state index is 0.291. The van der Waals surface area contributed by atoms with Crippen molar-refractivity contribution in [2.24, 2.45) is 0 Å². The zero-order chi connectivity index (χ0) is 12.5. The monoisotopic (exact) mass is 258 g/mol. The van der Waals surface area contributed by atoms with Crippen molar-refractivity contribution < 1.29 is 4.39 Å². The molecule has 3 aromatic rings. The largest absolute Gasteiger partial charge is 0.251 e. The average Bonchev–Trinajstić information content (AvgIpc) is 2.39. The summed E-state index contributed by atoms with van der Waals surface area (Å²) in [4.78, 5) is 8.70. The topological polar surface area (TPSA) is 25.8 Å². The molecule has 0 bridgehead atoms. The van der Waals surface area contributed by atoms with Gasteiger partial charge in [-0.05, 0) is 24.3 Å². The van der Waals surface area contributed by atoms with E-state index < -0.39 is 0 Å². The highest BCUT2D eigenvalue weighted by molar-refractivity contribution is 6.34. The van der Waals surface area contributed by atoms with Gasteiger partial charge in [0.1, 0.15) is 11.3 Å². The zero-order valence-corrected chi connectivity index (χ0v) is 10.0. The van der Waals surface area contributed by atoms with Crippen LogP contribution >= 0.6 is 11.6 Å². The molecule has 0 aliphatic heterocycles. The van der Waals surface area contributed by atoms with Gasteiger partial charge in [0.2, 0.25) is 0 Å². The van der Waals surface area contributed by atoms with Crippen molar-refractivity contribution in [3.05, 3.63) is 59.5 Å². The first-order valence-electron chi connectivity index (χ1n) is 5.41. The summed E-state index contributed by atoms with van der Waals surface area (Å²) >= 11 is 6.02. The second kappa shape index (κ2) is 4.35. The molecule has 18 heavy (non-hydrogen) atoms. The Morgan fingerprint density at radius 1 is 1.06 bits per heavy atom. The summed E-state index contributed by atoms with van der Waals surface area (Å²) in [5, 5.41) is 0.561. The minimum atomic E-state index is -0.291. The number of aromatic nitrogens is 2. The summed E-state index contributed by atoms with van der Waals surface area (Å²) in [6, 6.07) is 11.7. The van der Waals surface area contributed by atoms with Crippen LogP contribution in [0, 0.1) is 5.82 Å². The van der Waals surface area contributed by atoms with E-state index in [1.54, 1.807) is 24.4 Å². The molecule has 3 rings (SSSR count). The first-order valence-corrected chi connectivity index (χ1v) is 5.79. The maximum atomic E-state index is 13.2. The second-order valence-electron chi connectivity index (χ2n) is 3.87. The standard InChI is InChI=1S/C14H8ClFN2/c15-11-5-2-6-12-14(11)17-8-13(18-12)9-3-1-4-10(16)7-9/h1-8H. The molecule has 1 heterocycles. The van der Waals surface area contributed by atoms with Crippen molar-refractivity contribution in [2.75, 3.05) is 0 Å². The maximum Gasteiger partial charge on any atom is 0.123 e. The average molecular weight is 259 g/mol. The van der Waals surface area contributed by atoms with E-state index in [0.717, 1.165) is 0 Å². The Bertz CT molecular complexity index is 728. The summed E-state index contributed by atoms with van der Waals surface area (Å²) in [5.74, 6) is -0.291. The highest BCUT2D eigenvalue weighted by Crippen LogP contribution is 2.23. The lowest BCUT2D eigenvalue weighted by molar-refractivity contribution is 0.628. The highest BCUT2D eigenvalue weighted by Gasteiger charge is 2.05. The van der Waals surface area contributed by atoms with Crippen LogP contribution in [-0.2, 0) is 0 Å². The molecule has 88 valence electrons. The lowest BCUT2D eigenvalue weighted by atomic mass is 10.1. The Balaban J connectivity index is 2.20. The molecule has 1 aromatic heterocycles. The Morgan fingerprint density at radius 2 is 1.89 bits per heavy atom. The molecule has 4 heteroatoms. The van der Waals surface area contributed by atoms with Crippen LogP contribution in [0.2, 0.25) is 5.02 Å². The van der Waals surface area contributed by atoms with Crippen LogP contribution in [-0.4, -0.2) is 9.97 Å². The van der Waals surface area contributed by atoms with Gasteiger partial charge in [0.15, 0.2) is 0 Å². The van der Waals surface area contributed by atoms with Gasteiger partial charge in [0, 0.05) is 5.56 Å². The predicted octanol–water partition coefficient (Wildman–Crippen LogP) is 4.09. The van der Waals surface area contributed by atoms with Crippen molar-refractivity contribution in [2.45, 2.75) is 0 Å². The fourth-order valence-electron chi connectivity index (χ4n) is 1.79. The lowest BCUT2D eigenvalue weighted by Gasteiger charge is -2.03. The van der Waals surface area contributed by atoms with E-state index in [1.807, 2.05) is 12.1 Å². The van der Waals surface area contributed by atoms with Crippen molar-refractivity contribution in [1.82, 2.24) is 9.97 Å². The number of benzene rings is 2. The highest BCUT2D eigenvalue weighted by atomic mass is 35.5. The molecule has 0 aliphatic carbocycles. The van der Waals surface area contributed by atoms with Gasteiger partial charge in [-0.25, -0.2) is 9.37 Å². The summed E-state index contributed by atoms with van der Waals surface area (Å²) in [6.07, 6.45) is 1.60. The molecule has 0 saturated carbocycles.